The minimum Gasteiger partial charge on any atom is -0.381 e. The molecule has 0 radical (unpaired) electrons. The van der Waals surface area contributed by atoms with Crippen LogP contribution in [0.15, 0.2) is 48.8 Å². The van der Waals surface area contributed by atoms with E-state index in [-0.39, 0.29) is 0 Å². The van der Waals surface area contributed by atoms with Gasteiger partial charge in [-0.05, 0) is 55.7 Å². The Balaban J connectivity index is 1.61. The molecule has 3 heterocycles. The maximum atomic E-state index is 4.79. The van der Waals surface area contributed by atoms with Crippen molar-refractivity contribution in [3.63, 3.8) is 0 Å². The smallest absolute Gasteiger partial charge is 0.0746 e. The van der Waals surface area contributed by atoms with E-state index in [9.17, 15) is 0 Å². The number of nitrogens with zero attached hydrogens (tertiary/aromatic N) is 3. The molecule has 4 rings (SSSR count). The molecule has 0 atom stereocenters. The van der Waals surface area contributed by atoms with Crippen LogP contribution in [0.2, 0.25) is 0 Å². The van der Waals surface area contributed by atoms with Crippen LogP contribution >= 0.6 is 0 Å². The summed E-state index contributed by atoms with van der Waals surface area (Å²) in [7, 11) is 0. The lowest BCUT2D eigenvalue weighted by molar-refractivity contribution is 0.726. The molecule has 3 aromatic rings. The van der Waals surface area contributed by atoms with E-state index >= 15 is 0 Å². The topological polar surface area (TPSA) is 41.0 Å². The predicted molar refractivity (Wildman–Crippen MR) is 109 cm³/mol. The van der Waals surface area contributed by atoms with Gasteiger partial charge in [0.15, 0.2) is 0 Å². The first-order valence-electron chi connectivity index (χ1n) is 9.59. The molecule has 0 spiro atoms. The van der Waals surface area contributed by atoms with E-state index in [1.54, 1.807) is 6.20 Å². The molecule has 4 heteroatoms. The summed E-state index contributed by atoms with van der Waals surface area (Å²) in [6, 6.07) is 12.8. The second-order valence-electron chi connectivity index (χ2n) is 7.13. The zero-order chi connectivity index (χ0) is 17.8. The van der Waals surface area contributed by atoms with E-state index < -0.39 is 0 Å². The summed E-state index contributed by atoms with van der Waals surface area (Å²) in [5.74, 6) is 0. The van der Waals surface area contributed by atoms with Crippen molar-refractivity contribution in [1.29, 1.82) is 0 Å². The lowest BCUT2D eigenvalue weighted by Gasteiger charge is -2.25. The average molecular weight is 346 g/mol. The highest BCUT2D eigenvalue weighted by molar-refractivity contribution is 5.93. The van der Waals surface area contributed by atoms with Gasteiger partial charge in [-0.15, -0.1) is 0 Å². The second-order valence-corrected chi connectivity index (χ2v) is 7.13. The fourth-order valence-corrected chi connectivity index (χ4v) is 3.73. The molecule has 0 amide bonds. The molecule has 1 saturated heterocycles. The molecule has 0 saturated carbocycles. The van der Waals surface area contributed by atoms with Gasteiger partial charge in [0.2, 0.25) is 0 Å². The zero-order valence-electron chi connectivity index (χ0n) is 15.4. The fourth-order valence-electron chi connectivity index (χ4n) is 3.73. The number of hydrogen-bond donors (Lipinski definition) is 1. The number of hydrogen-bond acceptors (Lipinski definition) is 4. The first kappa shape index (κ1) is 16.8. The SMILES string of the molecule is Cc1cc(N2CCCCCC2)c2ccc(NCc3cccnc3)cc2n1. The molecule has 1 aliphatic heterocycles. The van der Waals surface area contributed by atoms with Gasteiger partial charge in [0.1, 0.15) is 0 Å². The molecule has 0 unspecified atom stereocenters. The third-order valence-corrected chi connectivity index (χ3v) is 5.08. The van der Waals surface area contributed by atoms with Crippen molar-refractivity contribution in [2.75, 3.05) is 23.3 Å². The minimum atomic E-state index is 0.768. The minimum absolute atomic E-state index is 0.768. The van der Waals surface area contributed by atoms with E-state index in [1.165, 1.54) is 42.3 Å². The Hall–Kier alpha value is -2.62. The van der Waals surface area contributed by atoms with Crippen LogP contribution < -0.4 is 10.2 Å². The Bertz CT molecular complexity index is 868. The standard InChI is InChI=1S/C22H26N4/c1-17-13-22(26-11-4-2-3-5-12-26)20-9-8-19(14-21(20)25-17)24-16-18-7-6-10-23-15-18/h6-10,13-15,24H,2-5,11-12,16H2,1H3. The molecule has 4 nitrogen and oxygen atoms in total. The van der Waals surface area contributed by atoms with Crippen molar-refractivity contribution in [3.05, 3.63) is 60.0 Å². The van der Waals surface area contributed by atoms with E-state index in [0.717, 1.165) is 36.5 Å². The van der Waals surface area contributed by atoms with Crippen LogP contribution in [-0.2, 0) is 6.54 Å². The van der Waals surface area contributed by atoms with Crippen molar-refractivity contribution < 1.29 is 0 Å². The number of rotatable bonds is 4. The van der Waals surface area contributed by atoms with Crippen LogP contribution in [0.1, 0.15) is 36.9 Å². The van der Waals surface area contributed by atoms with Crippen molar-refractivity contribution in [1.82, 2.24) is 9.97 Å². The Labute approximate surface area is 155 Å². The summed E-state index contributed by atoms with van der Waals surface area (Å²) in [4.78, 5) is 11.5. The molecule has 1 N–H and O–H groups in total. The van der Waals surface area contributed by atoms with Gasteiger partial charge in [-0.2, -0.15) is 0 Å². The molecule has 1 fully saturated rings. The molecule has 0 bridgehead atoms. The third kappa shape index (κ3) is 3.79. The second kappa shape index (κ2) is 7.73. The number of aryl methyl sites for hydroxylation is 1. The van der Waals surface area contributed by atoms with Gasteiger partial charge >= 0.3 is 0 Å². The largest absolute Gasteiger partial charge is 0.381 e. The van der Waals surface area contributed by atoms with Crippen LogP contribution in [-0.4, -0.2) is 23.1 Å². The number of benzene rings is 1. The van der Waals surface area contributed by atoms with Crippen LogP contribution in [0.25, 0.3) is 10.9 Å². The monoisotopic (exact) mass is 346 g/mol. The summed E-state index contributed by atoms with van der Waals surface area (Å²) >= 11 is 0. The Kier molecular flexibility index (Phi) is 5.00. The van der Waals surface area contributed by atoms with Crippen molar-refractivity contribution >= 4 is 22.3 Å². The normalized spacial score (nSPS) is 15.0. The molecule has 26 heavy (non-hydrogen) atoms. The highest BCUT2D eigenvalue weighted by Gasteiger charge is 2.14. The van der Waals surface area contributed by atoms with Gasteiger partial charge in [-0.1, -0.05) is 18.9 Å². The number of anilines is 2. The van der Waals surface area contributed by atoms with E-state index in [4.69, 9.17) is 4.98 Å². The van der Waals surface area contributed by atoms with Crippen molar-refractivity contribution in [3.8, 4) is 0 Å². The number of nitrogens with one attached hydrogen (secondary N) is 1. The summed E-state index contributed by atoms with van der Waals surface area (Å²) < 4.78 is 0. The molecule has 1 aliphatic rings. The Morgan fingerprint density at radius 2 is 1.88 bits per heavy atom. The van der Waals surface area contributed by atoms with Crippen LogP contribution in [0.3, 0.4) is 0 Å². The summed E-state index contributed by atoms with van der Waals surface area (Å²) in [5, 5.41) is 4.74. The fraction of sp³-hybridized carbons (Fsp3) is 0.364. The predicted octanol–water partition coefficient (Wildman–Crippen LogP) is 4.93. The molecule has 1 aromatic carbocycles. The molecule has 2 aromatic heterocycles. The van der Waals surface area contributed by atoms with Crippen LogP contribution in [0.5, 0.6) is 0 Å². The number of aromatic nitrogens is 2. The van der Waals surface area contributed by atoms with Crippen LogP contribution in [0, 0.1) is 6.92 Å². The lowest BCUT2D eigenvalue weighted by atomic mass is 10.1. The first-order chi connectivity index (χ1) is 12.8. The van der Waals surface area contributed by atoms with Gasteiger partial charge in [-0.25, -0.2) is 0 Å². The van der Waals surface area contributed by atoms with Gasteiger partial charge in [0.05, 0.1) is 5.52 Å². The highest BCUT2D eigenvalue weighted by atomic mass is 15.1. The van der Waals surface area contributed by atoms with Crippen molar-refractivity contribution in [2.45, 2.75) is 39.2 Å². The summed E-state index contributed by atoms with van der Waals surface area (Å²) in [6.07, 6.45) is 8.97. The van der Waals surface area contributed by atoms with Gasteiger partial charge < -0.3 is 10.2 Å². The molecular weight excluding hydrogens is 320 g/mol. The van der Waals surface area contributed by atoms with Gasteiger partial charge in [0.25, 0.3) is 0 Å². The lowest BCUT2D eigenvalue weighted by Crippen LogP contribution is -2.24. The number of pyridine rings is 2. The molecule has 0 aliphatic carbocycles. The highest BCUT2D eigenvalue weighted by Crippen LogP contribution is 2.30. The van der Waals surface area contributed by atoms with E-state index in [1.807, 2.05) is 12.3 Å². The quantitative estimate of drug-likeness (QED) is 0.727. The van der Waals surface area contributed by atoms with Crippen molar-refractivity contribution in [2.24, 2.45) is 0 Å². The Morgan fingerprint density at radius 3 is 2.65 bits per heavy atom. The van der Waals surface area contributed by atoms with Gasteiger partial charge in [-0.3, -0.25) is 9.97 Å². The van der Waals surface area contributed by atoms with Crippen LogP contribution in [0.4, 0.5) is 11.4 Å². The average Bonchev–Trinajstić information content (AvgIpc) is 2.95. The maximum Gasteiger partial charge on any atom is 0.0746 e. The summed E-state index contributed by atoms with van der Waals surface area (Å²) in [6.45, 7) is 5.17. The zero-order valence-corrected chi connectivity index (χ0v) is 15.4. The number of fused-ring (bicyclic) bond motifs is 1. The molecular formula is C22H26N4. The van der Waals surface area contributed by atoms with E-state index in [0.29, 0.717) is 0 Å². The maximum absolute atomic E-state index is 4.79. The Morgan fingerprint density at radius 1 is 1.04 bits per heavy atom. The van der Waals surface area contributed by atoms with E-state index in [2.05, 4.69) is 52.5 Å². The summed E-state index contributed by atoms with van der Waals surface area (Å²) in [5.41, 5.74) is 5.77. The van der Waals surface area contributed by atoms with Gasteiger partial charge in [0, 0.05) is 54.5 Å². The first-order valence-corrected chi connectivity index (χ1v) is 9.59. The molecule has 134 valence electrons. The third-order valence-electron chi connectivity index (χ3n) is 5.08.